The quantitative estimate of drug-likeness (QED) is 0.465. The number of urea groups is 1. The van der Waals surface area contributed by atoms with Crippen LogP contribution in [0.1, 0.15) is 63.2 Å². The minimum atomic E-state index is -0.921. The first-order valence-electron chi connectivity index (χ1n) is 14.1. The van der Waals surface area contributed by atoms with Crippen LogP contribution in [0.4, 0.5) is 21.9 Å². The Kier molecular flexibility index (Phi) is 9.20. The lowest BCUT2D eigenvalue weighted by Crippen LogP contribution is -2.55. The van der Waals surface area contributed by atoms with Crippen LogP contribution in [0.5, 0.6) is 5.75 Å². The molecule has 10 heteroatoms. The van der Waals surface area contributed by atoms with Crippen LogP contribution in [0, 0.1) is 5.41 Å². The van der Waals surface area contributed by atoms with E-state index < -0.39 is 23.5 Å². The summed E-state index contributed by atoms with van der Waals surface area (Å²) >= 11 is 0. The Morgan fingerprint density at radius 2 is 1.66 bits per heavy atom. The molecule has 0 spiro atoms. The number of anilines is 3. The highest BCUT2D eigenvalue weighted by Crippen LogP contribution is 2.37. The number of carbonyl (C=O) groups is 4. The van der Waals surface area contributed by atoms with Crippen LogP contribution in [0.3, 0.4) is 0 Å². The van der Waals surface area contributed by atoms with E-state index in [4.69, 9.17) is 9.47 Å². The van der Waals surface area contributed by atoms with Gasteiger partial charge in [-0.05, 0) is 43.2 Å². The second kappa shape index (κ2) is 12.6. The summed E-state index contributed by atoms with van der Waals surface area (Å²) in [6, 6.07) is 10.9. The Morgan fingerprint density at radius 1 is 0.976 bits per heavy atom. The number of amides is 3. The molecule has 2 aliphatic rings. The highest BCUT2D eigenvalue weighted by Gasteiger charge is 2.39. The summed E-state index contributed by atoms with van der Waals surface area (Å²) < 4.78 is 10.1. The van der Waals surface area contributed by atoms with Gasteiger partial charge in [-0.2, -0.15) is 0 Å². The molecule has 1 heterocycles. The summed E-state index contributed by atoms with van der Waals surface area (Å²) in [6.07, 6.45) is 5.36. The van der Waals surface area contributed by atoms with Crippen molar-refractivity contribution in [2.24, 2.45) is 5.41 Å². The molecule has 1 aliphatic heterocycles. The standard InChI is InChI=1S/C31H40N4O6/c1-31(2,3)27(36)19-35-25-14-10-9-13-24(25)34(21-11-7-6-8-12-21)18-23(28(35)37)33-30(39)32-20-15-16-26(40-4)22(17-20)29(38)41-5/h9-10,13-17,21,23H,6-8,11-12,18-19H2,1-5H3,(H2,32,33,39). The van der Waals surface area contributed by atoms with Crippen molar-refractivity contribution in [2.75, 3.05) is 42.4 Å². The lowest BCUT2D eigenvalue weighted by Gasteiger charge is -2.37. The average Bonchev–Trinajstić information content (AvgIpc) is 3.07. The Bertz CT molecular complexity index is 1300. The molecule has 2 aromatic rings. The zero-order valence-corrected chi connectivity index (χ0v) is 24.5. The molecular weight excluding hydrogens is 524 g/mol. The van der Waals surface area contributed by atoms with Crippen LogP contribution in [-0.2, 0) is 14.3 Å². The first kappa shape index (κ1) is 29.9. The number of Topliss-reactive ketones (excluding diaryl/α,β-unsaturated/α-hetero) is 1. The number of benzene rings is 2. The zero-order chi connectivity index (χ0) is 29.7. The van der Waals surface area contributed by atoms with Gasteiger partial charge >= 0.3 is 12.0 Å². The number of esters is 1. The molecule has 3 amide bonds. The molecule has 1 atom stereocenters. The molecule has 0 bridgehead atoms. The number of fused-ring (bicyclic) bond motifs is 1. The molecule has 0 radical (unpaired) electrons. The largest absolute Gasteiger partial charge is 0.496 e. The number of para-hydroxylation sites is 2. The zero-order valence-electron chi connectivity index (χ0n) is 24.5. The van der Waals surface area contributed by atoms with Crippen LogP contribution >= 0.6 is 0 Å². The molecule has 10 nitrogen and oxygen atoms in total. The number of ether oxygens (including phenoxy) is 2. The molecule has 1 aliphatic carbocycles. The smallest absolute Gasteiger partial charge is 0.341 e. The maximum atomic E-state index is 14.1. The van der Waals surface area contributed by atoms with E-state index in [1.807, 2.05) is 45.0 Å². The molecule has 2 aromatic carbocycles. The third-order valence-electron chi connectivity index (χ3n) is 7.75. The summed E-state index contributed by atoms with van der Waals surface area (Å²) in [4.78, 5) is 56.4. The van der Waals surface area contributed by atoms with Gasteiger partial charge in [0.25, 0.3) is 5.91 Å². The van der Waals surface area contributed by atoms with Crippen LogP contribution in [-0.4, -0.2) is 63.1 Å². The van der Waals surface area contributed by atoms with E-state index in [0.29, 0.717) is 17.1 Å². The summed E-state index contributed by atoms with van der Waals surface area (Å²) in [5.41, 5.74) is 1.40. The van der Waals surface area contributed by atoms with Gasteiger partial charge in [0.1, 0.15) is 17.4 Å². The maximum absolute atomic E-state index is 14.1. The van der Waals surface area contributed by atoms with Crippen molar-refractivity contribution in [3.05, 3.63) is 48.0 Å². The average molecular weight is 565 g/mol. The van der Waals surface area contributed by atoms with Crippen molar-refractivity contribution >= 4 is 40.8 Å². The van der Waals surface area contributed by atoms with Crippen LogP contribution in [0.2, 0.25) is 0 Å². The first-order chi connectivity index (χ1) is 19.5. The van der Waals surface area contributed by atoms with Gasteiger partial charge in [0.05, 0.1) is 32.1 Å². The van der Waals surface area contributed by atoms with Crippen LogP contribution < -0.4 is 25.2 Å². The monoisotopic (exact) mass is 564 g/mol. The van der Waals surface area contributed by atoms with E-state index in [9.17, 15) is 19.2 Å². The van der Waals surface area contributed by atoms with Crippen molar-refractivity contribution in [3.63, 3.8) is 0 Å². The number of hydrogen-bond acceptors (Lipinski definition) is 7. The SMILES string of the molecule is COC(=O)c1cc(NC(=O)NC2CN(C3CCCCC3)c3ccccc3N(CC(=O)C(C)(C)C)C2=O)ccc1OC. The van der Waals surface area contributed by atoms with Crippen molar-refractivity contribution in [3.8, 4) is 5.75 Å². The molecular formula is C31H40N4O6. The molecule has 220 valence electrons. The fourth-order valence-electron chi connectivity index (χ4n) is 5.39. The Hall–Kier alpha value is -4.08. The molecule has 2 N–H and O–H groups in total. The van der Waals surface area contributed by atoms with Crippen molar-refractivity contribution < 1.29 is 28.7 Å². The van der Waals surface area contributed by atoms with Gasteiger partial charge in [0.2, 0.25) is 0 Å². The predicted octanol–water partition coefficient (Wildman–Crippen LogP) is 4.77. The van der Waals surface area contributed by atoms with Gasteiger partial charge in [-0.3, -0.25) is 9.59 Å². The number of methoxy groups -OCH3 is 2. The second-order valence-corrected chi connectivity index (χ2v) is 11.6. The first-order valence-corrected chi connectivity index (χ1v) is 14.1. The van der Waals surface area contributed by atoms with E-state index >= 15 is 0 Å². The number of rotatable bonds is 7. The van der Waals surface area contributed by atoms with E-state index in [0.717, 1.165) is 31.4 Å². The minimum absolute atomic E-state index is 0.0801. The maximum Gasteiger partial charge on any atom is 0.341 e. The van der Waals surface area contributed by atoms with Crippen LogP contribution in [0.25, 0.3) is 0 Å². The van der Waals surface area contributed by atoms with E-state index in [-0.39, 0.29) is 36.4 Å². The van der Waals surface area contributed by atoms with Gasteiger partial charge in [-0.15, -0.1) is 0 Å². The van der Waals surface area contributed by atoms with E-state index in [1.165, 1.54) is 31.6 Å². The van der Waals surface area contributed by atoms with Gasteiger partial charge in [-0.25, -0.2) is 9.59 Å². The highest BCUT2D eigenvalue weighted by molar-refractivity contribution is 6.08. The van der Waals surface area contributed by atoms with Gasteiger partial charge in [0.15, 0.2) is 5.78 Å². The molecule has 0 aromatic heterocycles. The minimum Gasteiger partial charge on any atom is -0.496 e. The summed E-state index contributed by atoms with van der Waals surface area (Å²) in [5.74, 6) is -0.733. The lowest BCUT2D eigenvalue weighted by molar-refractivity contribution is -0.127. The fraction of sp³-hybridized carbons (Fsp3) is 0.484. The molecule has 0 saturated heterocycles. The Labute approximate surface area is 241 Å². The second-order valence-electron chi connectivity index (χ2n) is 11.6. The molecule has 1 fully saturated rings. The van der Waals surface area contributed by atoms with Gasteiger partial charge in [-0.1, -0.05) is 52.2 Å². The van der Waals surface area contributed by atoms with Gasteiger partial charge < -0.3 is 29.9 Å². The van der Waals surface area contributed by atoms with E-state index in [2.05, 4.69) is 15.5 Å². The van der Waals surface area contributed by atoms with Crippen LogP contribution in [0.15, 0.2) is 42.5 Å². The number of nitrogens with zero attached hydrogens (tertiary/aromatic N) is 2. The van der Waals surface area contributed by atoms with Crippen molar-refractivity contribution in [1.29, 1.82) is 0 Å². The number of ketones is 1. The van der Waals surface area contributed by atoms with Crippen molar-refractivity contribution in [1.82, 2.24) is 5.32 Å². The fourth-order valence-corrected chi connectivity index (χ4v) is 5.39. The molecule has 1 saturated carbocycles. The lowest BCUT2D eigenvalue weighted by atomic mass is 9.90. The number of nitrogens with one attached hydrogen (secondary N) is 2. The number of carbonyl (C=O) groups excluding carboxylic acids is 4. The third kappa shape index (κ3) is 6.81. The normalized spacial score (nSPS) is 17.8. The Morgan fingerprint density at radius 3 is 2.29 bits per heavy atom. The summed E-state index contributed by atoms with van der Waals surface area (Å²) in [5, 5.41) is 5.58. The summed E-state index contributed by atoms with van der Waals surface area (Å²) in [7, 11) is 2.70. The van der Waals surface area contributed by atoms with Gasteiger partial charge in [0, 0.05) is 23.7 Å². The molecule has 1 unspecified atom stereocenters. The molecule has 4 rings (SSSR count). The Balaban J connectivity index is 1.65. The highest BCUT2D eigenvalue weighted by atomic mass is 16.5. The third-order valence-corrected chi connectivity index (χ3v) is 7.75. The van der Waals surface area contributed by atoms with Crippen molar-refractivity contribution in [2.45, 2.75) is 65.0 Å². The summed E-state index contributed by atoms with van der Waals surface area (Å²) in [6.45, 7) is 5.66. The predicted molar refractivity (Wildman–Crippen MR) is 158 cm³/mol. The molecule has 41 heavy (non-hydrogen) atoms. The number of hydrogen-bond donors (Lipinski definition) is 2. The van der Waals surface area contributed by atoms with E-state index in [1.54, 1.807) is 12.1 Å². The topological polar surface area (TPSA) is 117 Å².